The van der Waals surface area contributed by atoms with Crippen molar-refractivity contribution in [3.63, 3.8) is 0 Å². The highest BCUT2D eigenvalue weighted by Crippen LogP contribution is 2.23. The summed E-state index contributed by atoms with van der Waals surface area (Å²) >= 11 is 0. The van der Waals surface area contributed by atoms with Gasteiger partial charge in [0.25, 0.3) is 11.5 Å². The number of benzene rings is 2. The summed E-state index contributed by atoms with van der Waals surface area (Å²) in [6.07, 6.45) is 3.48. The number of H-pyrrole nitrogens is 1. The molecule has 0 spiro atoms. The molecule has 7 nitrogen and oxygen atoms in total. The molecule has 0 radical (unpaired) electrons. The second kappa shape index (κ2) is 8.93. The number of hydrogen-bond donors (Lipinski definition) is 2. The quantitative estimate of drug-likeness (QED) is 0.491. The van der Waals surface area contributed by atoms with Crippen LogP contribution in [0, 0.1) is 6.92 Å². The predicted molar refractivity (Wildman–Crippen MR) is 123 cm³/mol. The van der Waals surface area contributed by atoms with Crippen LogP contribution in [-0.2, 0) is 7.05 Å². The number of imidazole rings is 1. The Kier molecular flexibility index (Phi) is 5.89. The number of aromatic nitrogens is 3. The Bertz CT molecular complexity index is 1310. The van der Waals surface area contributed by atoms with Gasteiger partial charge in [0.05, 0.1) is 7.11 Å². The van der Waals surface area contributed by atoms with Crippen LogP contribution in [0.1, 0.15) is 33.4 Å². The monoisotopic (exact) mass is 428 g/mol. The van der Waals surface area contributed by atoms with Crippen molar-refractivity contribution in [3.8, 4) is 17.0 Å². The molecule has 2 N–H and O–H groups in total. The third kappa shape index (κ3) is 4.32. The topological polar surface area (TPSA) is 89.0 Å². The molecule has 7 heteroatoms. The molecule has 2 aromatic carbocycles. The van der Waals surface area contributed by atoms with Crippen LogP contribution >= 0.6 is 0 Å². The van der Waals surface area contributed by atoms with Crippen LogP contribution in [0.5, 0.6) is 5.75 Å². The molecule has 1 atom stereocenters. The SMILES string of the molecule is COc1ccc(C(NC(=O)c2ccc(-c3cccc(C)c3)[nH]c2=O)c2nccn2C)cc1. The molecule has 0 bridgehead atoms. The van der Waals surface area contributed by atoms with Crippen molar-refractivity contribution in [2.24, 2.45) is 7.05 Å². The first-order valence-electron chi connectivity index (χ1n) is 10.2. The lowest BCUT2D eigenvalue weighted by atomic mass is 10.0. The molecule has 0 aliphatic carbocycles. The molecule has 1 unspecified atom stereocenters. The normalized spacial score (nSPS) is 11.7. The summed E-state index contributed by atoms with van der Waals surface area (Å²) < 4.78 is 7.06. The number of rotatable bonds is 6. The molecule has 162 valence electrons. The molecule has 32 heavy (non-hydrogen) atoms. The standard InChI is InChI=1S/C25H24N4O3/c1-16-5-4-6-18(15-16)21-12-11-20(24(30)27-21)25(31)28-22(23-26-13-14-29(23)2)17-7-9-19(32-3)10-8-17/h4-15,22H,1-3H3,(H,27,30)(H,28,31). The van der Waals surface area contributed by atoms with E-state index < -0.39 is 17.5 Å². The van der Waals surface area contributed by atoms with Gasteiger partial charge in [-0.15, -0.1) is 0 Å². The molecular weight excluding hydrogens is 404 g/mol. The molecule has 0 saturated heterocycles. The van der Waals surface area contributed by atoms with Crippen LogP contribution in [0.25, 0.3) is 11.3 Å². The molecule has 2 aromatic heterocycles. The maximum absolute atomic E-state index is 13.1. The van der Waals surface area contributed by atoms with E-state index in [9.17, 15) is 9.59 Å². The van der Waals surface area contributed by atoms with E-state index in [4.69, 9.17) is 4.74 Å². The number of nitrogens with one attached hydrogen (secondary N) is 2. The Morgan fingerprint density at radius 3 is 2.53 bits per heavy atom. The Hall–Kier alpha value is -4.13. The number of aryl methyl sites for hydroxylation is 2. The highest BCUT2D eigenvalue weighted by Gasteiger charge is 2.23. The second-order valence-electron chi connectivity index (χ2n) is 7.56. The molecule has 4 rings (SSSR count). The van der Waals surface area contributed by atoms with Crippen molar-refractivity contribution < 1.29 is 9.53 Å². The van der Waals surface area contributed by atoms with Gasteiger partial charge < -0.3 is 19.6 Å². The third-order valence-corrected chi connectivity index (χ3v) is 5.32. The van der Waals surface area contributed by atoms with Crippen molar-refractivity contribution in [1.82, 2.24) is 19.9 Å². The Morgan fingerprint density at radius 2 is 1.91 bits per heavy atom. The average molecular weight is 428 g/mol. The molecule has 4 aromatic rings. The van der Waals surface area contributed by atoms with Crippen molar-refractivity contribution in [2.75, 3.05) is 7.11 Å². The summed E-state index contributed by atoms with van der Waals surface area (Å²) in [5.74, 6) is 0.879. The lowest BCUT2D eigenvalue weighted by Gasteiger charge is -2.19. The van der Waals surface area contributed by atoms with Gasteiger partial charge in [0, 0.05) is 25.1 Å². The zero-order valence-electron chi connectivity index (χ0n) is 18.1. The summed E-state index contributed by atoms with van der Waals surface area (Å²) in [6, 6.07) is 17.9. The fraction of sp³-hybridized carbons (Fsp3) is 0.160. The average Bonchev–Trinajstić information content (AvgIpc) is 3.23. The second-order valence-corrected chi connectivity index (χ2v) is 7.56. The zero-order valence-corrected chi connectivity index (χ0v) is 18.1. The van der Waals surface area contributed by atoms with Gasteiger partial charge >= 0.3 is 0 Å². The summed E-state index contributed by atoms with van der Waals surface area (Å²) in [5, 5.41) is 2.96. The number of pyridine rings is 1. The first-order valence-corrected chi connectivity index (χ1v) is 10.2. The Labute approximate surface area is 185 Å². The number of ether oxygens (including phenoxy) is 1. The number of carbonyl (C=O) groups excluding carboxylic acids is 1. The van der Waals surface area contributed by atoms with Gasteiger partial charge in [-0.25, -0.2) is 4.98 Å². The molecular formula is C25H24N4O3. The van der Waals surface area contributed by atoms with Gasteiger partial charge in [-0.3, -0.25) is 9.59 Å². The van der Waals surface area contributed by atoms with Crippen molar-refractivity contribution >= 4 is 5.91 Å². The van der Waals surface area contributed by atoms with Crippen LogP contribution in [0.3, 0.4) is 0 Å². The zero-order chi connectivity index (χ0) is 22.7. The highest BCUT2D eigenvalue weighted by atomic mass is 16.5. The minimum absolute atomic E-state index is 0.0362. The Morgan fingerprint density at radius 1 is 1.12 bits per heavy atom. The molecule has 2 heterocycles. The van der Waals surface area contributed by atoms with Crippen LogP contribution in [0.2, 0.25) is 0 Å². The third-order valence-electron chi connectivity index (χ3n) is 5.32. The summed E-state index contributed by atoms with van der Waals surface area (Å²) in [5.41, 5.74) is 3.04. The van der Waals surface area contributed by atoms with Crippen LogP contribution in [0.4, 0.5) is 0 Å². The predicted octanol–water partition coefficient (Wildman–Crippen LogP) is 3.61. The van der Waals surface area contributed by atoms with Crippen LogP contribution in [0.15, 0.2) is 77.9 Å². The van der Waals surface area contributed by atoms with Gasteiger partial charge in [-0.05, 0) is 48.4 Å². The first-order chi connectivity index (χ1) is 15.5. The summed E-state index contributed by atoms with van der Waals surface area (Å²) in [4.78, 5) is 33.0. The van der Waals surface area contributed by atoms with E-state index in [0.29, 0.717) is 17.3 Å². The molecule has 0 fully saturated rings. The van der Waals surface area contributed by atoms with E-state index in [0.717, 1.165) is 16.7 Å². The minimum Gasteiger partial charge on any atom is -0.497 e. The summed E-state index contributed by atoms with van der Waals surface area (Å²) in [6.45, 7) is 1.99. The smallest absolute Gasteiger partial charge is 0.261 e. The van der Waals surface area contributed by atoms with Crippen molar-refractivity contribution in [2.45, 2.75) is 13.0 Å². The van der Waals surface area contributed by atoms with E-state index in [1.165, 1.54) is 0 Å². The summed E-state index contributed by atoms with van der Waals surface area (Å²) in [7, 11) is 3.45. The molecule has 0 aliphatic heterocycles. The lowest BCUT2D eigenvalue weighted by molar-refractivity contribution is 0.0939. The van der Waals surface area contributed by atoms with Gasteiger partial charge in [-0.2, -0.15) is 0 Å². The van der Waals surface area contributed by atoms with Gasteiger partial charge in [-0.1, -0.05) is 35.9 Å². The highest BCUT2D eigenvalue weighted by molar-refractivity contribution is 5.94. The molecule has 1 amide bonds. The maximum Gasteiger partial charge on any atom is 0.261 e. The van der Waals surface area contributed by atoms with Crippen LogP contribution < -0.4 is 15.6 Å². The van der Waals surface area contributed by atoms with Crippen molar-refractivity contribution in [3.05, 3.63) is 106 Å². The van der Waals surface area contributed by atoms with E-state index in [-0.39, 0.29) is 5.56 Å². The van der Waals surface area contributed by atoms with Gasteiger partial charge in [0.1, 0.15) is 23.2 Å². The minimum atomic E-state index is -0.538. The van der Waals surface area contributed by atoms with E-state index in [1.54, 1.807) is 25.4 Å². The number of hydrogen-bond acceptors (Lipinski definition) is 4. The van der Waals surface area contributed by atoms with Crippen LogP contribution in [-0.4, -0.2) is 27.6 Å². The van der Waals surface area contributed by atoms with E-state index in [2.05, 4.69) is 15.3 Å². The maximum atomic E-state index is 13.1. The van der Waals surface area contributed by atoms with E-state index >= 15 is 0 Å². The fourth-order valence-electron chi connectivity index (χ4n) is 3.59. The van der Waals surface area contributed by atoms with Gasteiger partial charge in [0.2, 0.25) is 0 Å². The molecule has 0 aliphatic rings. The number of carbonyl (C=O) groups is 1. The number of aromatic amines is 1. The number of methoxy groups -OCH3 is 1. The number of nitrogens with zero attached hydrogens (tertiary/aromatic N) is 2. The van der Waals surface area contributed by atoms with E-state index in [1.807, 2.05) is 73.3 Å². The Balaban J connectivity index is 1.65. The van der Waals surface area contributed by atoms with Gasteiger partial charge in [0.15, 0.2) is 0 Å². The molecule has 0 saturated carbocycles. The number of amides is 1. The first kappa shape index (κ1) is 21.1. The lowest BCUT2D eigenvalue weighted by Crippen LogP contribution is -2.34. The largest absolute Gasteiger partial charge is 0.497 e. The fourth-order valence-corrected chi connectivity index (χ4v) is 3.59. The van der Waals surface area contributed by atoms with Crippen molar-refractivity contribution in [1.29, 1.82) is 0 Å².